The van der Waals surface area contributed by atoms with Crippen molar-refractivity contribution in [3.8, 4) is 11.8 Å². The Labute approximate surface area is 197 Å². The summed E-state index contributed by atoms with van der Waals surface area (Å²) in [6, 6.07) is 10.4. The topological polar surface area (TPSA) is 9.23 Å². The average Bonchev–Trinajstić information content (AvgIpc) is 2.82. The van der Waals surface area contributed by atoms with Crippen LogP contribution in [-0.4, -0.2) is 12.7 Å². The molecule has 2 aromatic rings. The van der Waals surface area contributed by atoms with Gasteiger partial charge in [-0.15, -0.1) is 6.58 Å². The summed E-state index contributed by atoms with van der Waals surface area (Å²) < 4.78 is 35.1. The van der Waals surface area contributed by atoms with Crippen LogP contribution in [0, 0.1) is 35.3 Å². The van der Waals surface area contributed by atoms with Gasteiger partial charge in [0.15, 0.2) is 0 Å². The maximum absolute atomic E-state index is 15.0. The van der Waals surface area contributed by atoms with E-state index in [1.165, 1.54) is 18.6 Å². The van der Waals surface area contributed by atoms with Gasteiger partial charge in [0.2, 0.25) is 0 Å². The minimum Gasteiger partial charge on any atom is -0.378 e. The van der Waals surface area contributed by atoms with E-state index in [4.69, 9.17) is 4.74 Å². The highest BCUT2D eigenvalue weighted by Gasteiger charge is 2.36. The van der Waals surface area contributed by atoms with Crippen molar-refractivity contribution >= 4 is 0 Å². The highest BCUT2D eigenvalue weighted by atomic mass is 19.1. The largest absolute Gasteiger partial charge is 0.378 e. The molecule has 3 heteroatoms. The number of aryl methyl sites for hydroxylation is 1. The highest BCUT2D eigenvalue weighted by Crippen LogP contribution is 2.47. The van der Waals surface area contributed by atoms with Gasteiger partial charge in [0.1, 0.15) is 11.6 Å². The Bertz CT molecular complexity index is 1030. The molecule has 174 valence electrons. The Hall–Kier alpha value is -2.44. The second-order valence-electron chi connectivity index (χ2n) is 9.54. The molecule has 0 spiro atoms. The molecule has 2 aliphatic rings. The lowest BCUT2D eigenvalue weighted by Gasteiger charge is -2.42. The van der Waals surface area contributed by atoms with Gasteiger partial charge in [-0.2, -0.15) is 0 Å². The third-order valence-electron chi connectivity index (χ3n) is 7.43. The van der Waals surface area contributed by atoms with Crippen molar-refractivity contribution in [2.45, 2.75) is 70.3 Å². The Balaban J connectivity index is 1.40. The molecule has 2 aliphatic carbocycles. The normalized spacial score (nSPS) is 24.5. The van der Waals surface area contributed by atoms with E-state index in [-0.39, 0.29) is 17.6 Å². The second kappa shape index (κ2) is 11.1. The highest BCUT2D eigenvalue weighted by molar-refractivity contribution is 5.45. The lowest BCUT2D eigenvalue weighted by atomic mass is 9.65. The van der Waals surface area contributed by atoms with Crippen LogP contribution in [0.25, 0.3) is 0 Å². The Morgan fingerprint density at radius 1 is 0.939 bits per heavy atom. The van der Waals surface area contributed by atoms with Gasteiger partial charge in [0.05, 0.1) is 6.10 Å². The number of allylic oxidation sites excluding steroid dienone is 1. The molecule has 0 bridgehead atoms. The second-order valence-corrected chi connectivity index (χ2v) is 9.54. The van der Waals surface area contributed by atoms with Crippen LogP contribution < -0.4 is 0 Å². The number of rotatable bonds is 6. The summed E-state index contributed by atoms with van der Waals surface area (Å²) in [5.41, 5.74) is 2.71. The number of hydrogen-bond donors (Lipinski definition) is 0. The fourth-order valence-corrected chi connectivity index (χ4v) is 5.68. The predicted molar refractivity (Wildman–Crippen MR) is 130 cm³/mol. The van der Waals surface area contributed by atoms with Gasteiger partial charge in [-0.05, 0) is 111 Å². The van der Waals surface area contributed by atoms with Crippen molar-refractivity contribution in [2.75, 3.05) is 6.61 Å². The molecule has 2 aromatic carbocycles. The minimum atomic E-state index is -0.254. The zero-order chi connectivity index (χ0) is 23.2. The molecule has 2 fully saturated rings. The molecule has 4 atom stereocenters. The molecular weight excluding hydrogens is 414 g/mol. The van der Waals surface area contributed by atoms with E-state index in [9.17, 15) is 4.39 Å². The molecule has 0 saturated heterocycles. The number of benzene rings is 2. The van der Waals surface area contributed by atoms with E-state index in [1.807, 2.05) is 18.2 Å². The summed E-state index contributed by atoms with van der Waals surface area (Å²) in [6.07, 6.45) is 10.3. The van der Waals surface area contributed by atoms with Crippen LogP contribution in [0.1, 0.15) is 80.0 Å². The van der Waals surface area contributed by atoms with Crippen LogP contribution in [0.2, 0.25) is 0 Å². The van der Waals surface area contributed by atoms with E-state index < -0.39 is 0 Å². The van der Waals surface area contributed by atoms with Crippen molar-refractivity contribution in [1.29, 1.82) is 0 Å². The van der Waals surface area contributed by atoms with Crippen LogP contribution in [0.3, 0.4) is 0 Å². The first-order valence-electron chi connectivity index (χ1n) is 12.4. The summed E-state index contributed by atoms with van der Waals surface area (Å²) in [5, 5.41) is 0. The lowest BCUT2D eigenvalue weighted by Crippen LogP contribution is -2.33. The number of hydrogen-bond acceptors (Lipinski definition) is 1. The molecule has 33 heavy (non-hydrogen) atoms. The van der Waals surface area contributed by atoms with Gasteiger partial charge < -0.3 is 4.74 Å². The summed E-state index contributed by atoms with van der Waals surface area (Å²) >= 11 is 0. The number of ether oxygens (including phenoxy) is 1. The molecule has 4 unspecified atom stereocenters. The molecular formula is C30H34F2O. The Kier molecular flexibility index (Phi) is 7.99. The molecule has 0 radical (unpaired) electrons. The van der Waals surface area contributed by atoms with Gasteiger partial charge in [0, 0.05) is 17.7 Å². The maximum Gasteiger partial charge on any atom is 0.127 e. The van der Waals surface area contributed by atoms with Gasteiger partial charge in [-0.1, -0.05) is 30.0 Å². The zero-order valence-electron chi connectivity index (χ0n) is 19.6. The van der Waals surface area contributed by atoms with E-state index in [0.29, 0.717) is 35.1 Å². The van der Waals surface area contributed by atoms with Crippen molar-refractivity contribution in [2.24, 2.45) is 11.8 Å². The van der Waals surface area contributed by atoms with Crippen LogP contribution >= 0.6 is 0 Å². The average molecular weight is 449 g/mol. The molecule has 0 N–H and O–H groups in total. The SMILES string of the molecule is C=CCCc1ccc(C#Cc2ccc(C3CCC4CC(OCC)CCC4C3)c(F)c2)cc1F. The van der Waals surface area contributed by atoms with Crippen LogP contribution in [-0.2, 0) is 11.2 Å². The molecule has 0 aliphatic heterocycles. The van der Waals surface area contributed by atoms with E-state index in [2.05, 4.69) is 25.3 Å². The van der Waals surface area contributed by atoms with Crippen LogP contribution in [0.5, 0.6) is 0 Å². The van der Waals surface area contributed by atoms with Crippen molar-refractivity contribution in [3.05, 3.63) is 82.9 Å². The van der Waals surface area contributed by atoms with Crippen molar-refractivity contribution in [1.82, 2.24) is 0 Å². The van der Waals surface area contributed by atoms with Crippen LogP contribution in [0.15, 0.2) is 49.1 Å². The number of halogens is 2. The predicted octanol–water partition coefficient (Wildman–Crippen LogP) is 7.57. The fourth-order valence-electron chi connectivity index (χ4n) is 5.68. The summed E-state index contributed by atoms with van der Waals surface area (Å²) in [6.45, 7) is 6.54. The molecule has 1 nitrogen and oxygen atoms in total. The molecule has 0 aromatic heterocycles. The first-order valence-corrected chi connectivity index (χ1v) is 12.4. The van der Waals surface area contributed by atoms with Gasteiger partial charge in [-0.3, -0.25) is 0 Å². The van der Waals surface area contributed by atoms with E-state index in [0.717, 1.165) is 56.6 Å². The fraction of sp³-hybridized carbons (Fsp3) is 0.467. The van der Waals surface area contributed by atoms with Gasteiger partial charge in [0.25, 0.3) is 0 Å². The first-order chi connectivity index (χ1) is 16.1. The summed E-state index contributed by atoms with van der Waals surface area (Å²) in [5.74, 6) is 7.25. The van der Waals surface area contributed by atoms with E-state index >= 15 is 4.39 Å². The lowest BCUT2D eigenvalue weighted by molar-refractivity contribution is -0.00968. The Morgan fingerprint density at radius 2 is 1.64 bits per heavy atom. The quantitative estimate of drug-likeness (QED) is 0.327. The summed E-state index contributed by atoms with van der Waals surface area (Å²) in [7, 11) is 0. The monoisotopic (exact) mass is 448 g/mol. The van der Waals surface area contributed by atoms with Crippen LogP contribution in [0.4, 0.5) is 8.78 Å². The third-order valence-corrected chi connectivity index (χ3v) is 7.43. The molecule has 2 saturated carbocycles. The van der Waals surface area contributed by atoms with Crippen molar-refractivity contribution < 1.29 is 13.5 Å². The van der Waals surface area contributed by atoms with Crippen molar-refractivity contribution in [3.63, 3.8) is 0 Å². The smallest absolute Gasteiger partial charge is 0.127 e. The first kappa shape index (κ1) is 23.7. The van der Waals surface area contributed by atoms with Gasteiger partial charge >= 0.3 is 0 Å². The third kappa shape index (κ3) is 5.92. The Morgan fingerprint density at radius 3 is 2.33 bits per heavy atom. The van der Waals surface area contributed by atoms with E-state index in [1.54, 1.807) is 12.1 Å². The molecule has 4 rings (SSSR count). The minimum absolute atomic E-state index is 0.167. The molecule has 0 amide bonds. The number of fused-ring (bicyclic) bond motifs is 1. The summed E-state index contributed by atoms with van der Waals surface area (Å²) in [4.78, 5) is 0. The van der Waals surface area contributed by atoms with Gasteiger partial charge in [-0.25, -0.2) is 8.78 Å². The standard InChI is InChI=1S/C30H34F2O/c1-3-5-6-23-11-9-21(17-29(23)31)7-8-22-10-16-28(30(32)18-22)26-13-12-25-20-27(33-4-2)15-14-24(25)19-26/h3,9-11,16-18,24-27H,1,4-6,12-15,19-20H2,2H3. The molecule has 0 heterocycles. The zero-order valence-corrected chi connectivity index (χ0v) is 19.6. The maximum atomic E-state index is 15.0.